The predicted molar refractivity (Wildman–Crippen MR) is 361 cm³/mol. The average Bonchev–Trinajstić information content (AvgIpc) is 1.17. The maximum Gasteiger partial charge on any atom is 0.160 e. The molecule has 0 saturated carbocycles. The highest BCUT2D eigenvalue weighted by Gasteiger charge is 2.48. The van der Waals surface area contributed by atoms with Gasteiger partial charge in [0.15, 0.2) is 6.29 Å². The van der Waals surface area contributed by atoms with Crippen molar-refractivity contribution in [3.8, 4) is 0 Å². The van der Waals surface area contributed by atoms with E-state index in [-0.39, 0.29) is 111 Å². The van der Waals surface area contributed by atoms with Crippen LogP contribution in [0.4, 0.5) is 0 Å². The number of ether oxygens (including phenoxy) is 16. The van der Waals surface area contributed by atoms with Gasteiger partial charge in [0, 0.05) is 75.8 Å². The predicted octanol–water partition coefficient (Wildman–Crippen LogP) is 13.4. The van der Waals surface area contributed by atoms with Gasteiger partial charge < -0.3 is 75.8 Å². The summed E-state index contributed by atoms with van der Waals surface area (Å²) in [5.41, 5.74) is 0. The second kappa shape index (κ2) is 38.6. The number of hydrogen-bond acceptors (Lipinski definition) is 16. The Kier molecular flexibility index (Phi) is 34.4. The molecule has 7 aliphatic heterocycles. The number of methoxy groups -OCH3 is 4. The fourth-order valence-electron chi connectivity index (χ4n) is 17.3. The summed E-state index contributed by atoms with van der Waals surface area (Å²) in [5.74, 6) is 8.31. The van der Waals surface area contributed by atoms with Crippen LogP contribution in [-0.2, 0) is 75.8 Å². The first-order valence-electron chi connectivity index (χ1n) is 36.2. The second-order valence-electron chi connectivity index (χ2n) is 30.7. The molecular formula is C75H142O16. The highest BCUT2D eigenvalue weighted by atomic mass is 16.7. The molecule has 0 aromatic carbocycles. The van der Waals surface area contributed by atoms with Gasteiger partial charge in [-0.2, -0.15) is 0 Å². The Morgan fingerprint density at radius 1 is 0.220 bits per heavy atom. The van der Waals surface area contributed by atoms with Crippen LogP contribution < -0.4 is 0 Å². The zero-order valence-corrected chi connectivity index (χ0v) is 61.6. The van der Waals surface area contributed by atoms with Crippen LogP contribution in [0.2, 0.25) is 0 Å². The van der Waals surface area contributed by atoms with E-state index in [0.717, 1.165) is 26.2 Å². The van der Waals surface area contributed by atoms with Gasteiger partial charge in [-0.05, 0) is 125 Å². The Balaban J connectivity index is 0.000000448. The summed E-state index contributed by atoms with van der Waals surface area (Å²) < 4.78 is 100. The molecule has 91 heavy (non-hydrogen) atoms. The minimum absolute atomic E-state index is 0. The highest BCUT2D eigenvalue weighted by Crippen LogP contribution is 2.44. The summed E-state index contributed by atoms with van der Waals surface area (Å²) >= 11 is 0. The van der Waals surface area contributed by atoms with Gasteiger partial charge >= 0.3 is 0 Å². The fraction of sp³-hybridized carbons (Fsp3) is 1.00. The van der Waals surface area contributed by atoms with E-state index < -0.39 is 0 Å². The molecule has 0 aromatic rings. The van der Waals surface area contributed by atoms with Gasteiger partial charge in [-0.15, -0.1) is 0 Å². The molecule has 7 fully saturated rings. The van der Waals surface area contributed by atoms with Crippen molar-refractivity contribution in [3.63, 3.8) is 0 Å². The van der Waals surface area contributed by atoms with Crippen molar-refractivity contribution in [3.05, 3.63) is 0 Å². The van der Waals surface area contributed by atoms with Crippen LogP contribution >= 0.6 is 0 Å². The lowest BCUT2D eigenvalue weighted by Gasteiger charge is -2.47. The zero-order valence-electron chi connectivity index (χ0n) is 61.6. The van der Waals surface area contributed by atoms with Crippen molar-refractivity contribution in [1.82, 2.24) is 0 Å². The Morgan fingerprint density at radius 3 is 0.780 bits per heavy atom. The Morgan fingerprint density at radius 2 is 0.462 bits per heavy atom. The minimum Gasteiger partial charge on any atom is -0.384 e. The molecule has 0 aromatic heterocycles. The Bertz CT molecular complexity index is 1970. The number of rotatable bonds is 28. The van der Waals surface area contributed by atoms with Gasteiger partial charge in [-0.25, -0.2) is 0 Å². The molecule has 538 valence electrons. The second-order valence-corrected chi connectivity index (χ2v) is 30.7. The zero-order chi connectivity index (χ0) is 66.4. The molecule has 0 radical (unpaired) electrons. The molecule has 0 amide bonds. The largest absolute Gasteiger partial charge is 0.384 e. The molecule has 35 atom stereocenters. The molecule has 16 nitrogen and oxygen atoms in total. The first-order chi connectivity index (χ1) is 42.8. The minimum atomic E-state index is -0.343. The van der Waals surface area contributed by atoms with E-state index in [2.05, 4.69) is 145 Å². The van der Waals surface area contributed by atoms with Crippen molar-refractivity contribution in [2.75, 3.05) is 114 Å². The van der Waals surface area contributed by atoms with Crippen LogP contribution in [0.3, 0.4) is 0 Å². The number of hydrogen-bond donors (Lipinski definition) is 0. The van der Waals surface area contributed by atoms with Crippen LogP contribution in [0.25, 0.3) is 0 Å². The van der Waals surface area contributed by atoms with Gasteiger partial charge in [0.1, 0.15) is 0 Å². The maximum absolute atomic E-state index is 7.07. The first-order valence-corrected chi connectivity index (χ1v) is 36.2. The van der Waals surface area contributed by atoms with Crippen LogP contribution in [0.5, 0.6) is 0 Å². The molecule has 0 spiro atoms. The monoisotopic (exact) mass is 1300 g/mol. The lowest BCUT2D eigenvalue weighted by Crippen LogP contribution is -2.53. The molecule has 16 heteroatoms. The van der Waals surface area contributed by atoms with E-state index in [4.69, 9.17) is 75.8 Å². The smallest absolute Gasteiger partial charge is 0.160 e. The molecule has 7 aliphatic rings. The SMILES string of the molecule is C.CCC1OC(C)C(COCC2OC(COC3OC(C)C(COCC4OC(C)C(COC)C(C)C4C)C(C)C3C)C(COCC3OC(C)C(COC)C(C)C3C)C(C)C2C)C(C)C1C.COCC1OC(C)C(COCC2OC(C)C(COC)C(C)C2C)C(C)C1C. The molecule has 0 bridgehead atoms. The summed E-state index contributed by atoms with van der Waals surface area (Å²) in [5, 5.41) is 0. The van der Waals surface area contributed by atoms with Crippen LogP contribution in [0.15, 0.2) is 0 Å². The van der Waals surface area contributed by atoms with E-state index in [1.54, 1.807) is 28.4 Å². The standard InChI is InChI=1S/C52H96O11.C22H42O5.CH4/c1-18-47-33(7)28(2)44(40(14)59-47)21-56-26-50-36(10)31(5)46(23-57-25-49-35(9)30(4)43(20-54-17)39(13)61-49)51(63-50)27-58-52-37(11)32(6)45(41(15)62-52)22-55-24-48-34(8)29(3)42(19-53-16)38(12)60-48;1-13-16(4)22(27-17(5)19(13)9-23-7)12-25-10-20-14(2)15(3)21(11-24-8)26-18(20)6;/h28-52H,18-27H2,1-17H3;13-22H,9-12H2,1-8H3;1H4. The molecular weight excluding hydrogens is 1160 g/mol. The van der Waals surface area contributed by atoms with Crippen molar-refractivity contribution in [1.29, 1.82) is 0 Å². The molecule has 35 unspecified atom stereocenters. The van der Waals surface area contributed by atoms with E-state index >= 15 is 0 Å². The van der Waals surface area contributed by atoms with Crippen molar-refractivity contribution < 1.29 is 75.8 Å². The summed E-state index contributed by atoms with van der Waals surface area (Å²) in [6.07, 6.45) is 2.04. The van der Waals surface area contributed by atoms with E-state index in [9.17, 15) is 0 Å². The highest BCUT2D eigenvalue weighted by molar-refractivity contribution is 4.94. The van der Waals surface area contributed by atoms with Crippen LogP contribution in [-0.4, -0.2) is 200 Å². The third-order valence-corrected chi connectivity index (χ3v) is 25.8. The van der Waals surface area contributed by atoms with Crippen molar-refractivity contribution in [2.24, 2.45) is 124 Å². The molecule has 7 saturated heterocycles. The molecule has 7 heterocycles. The van der Waals surface area contributed by atoms with Crippen LogP contribution in [0, 0.1) is 124 Å². The van der Waals surface area contributed by atoms with Crippen molar-refractivity contribution in [2.45, 2.75) is 245 Å². The quantitative estimate of drug-likeness (QED) is 0.0731. The lowest BCUT2D eigenvalue weighted by atomic mass is 9.75. The molecule has 0 N–H and O–H groups in total. The Hall–Kier alpha value is -0.640. The Labute approximate surface area is 557 Å². The van der Waals surface area contributed by atoms with E-state index in [1.807, 2.05) is 0 Å². The topological polar surface area (TPSA) is 148 Å². The van der Waals surface area contributed by atoms with Gasteiger partial charge in [-0.3, -0.25) is 0 Å². The van der Waals surface area contributed by atoms with Gasteiger partial charge in [0.25, 0.3) is 0 Å². The first kappa shape index (κ1) is 81.0. The van der Waals surface area contributed by atoms with Crippen molar-refractivity contribution >= 4 is 0 Å². The molecule has 0 aliphatic carbocycles. The maximum atomic E-state index is 7.07. The average molecular weight is 1300 g/mol. The van der Waals surface area contributed by atoms with E-state index in [1.165, 1.54) is 0 Å². The van der Waals surface area contributed by atoms with Gasteiger partial charge in [0.2, 0.25) is 0 Å². The fourth-order valence-corrected chi connectivity index (χ4v) is 17.3. The molecule has 7 rings (SSSR count). The normalized spacial score (nSPS) is 47.2. The summed E-state index contributed by atoms with van der Waals surface area (Å²) in [6, 6.07) is 0. The van der Waals surface area contributed by atoms with E-state index in [0.29, 0.717) is 173 Å². The van der Waals surface area contributed by atoms with Gasteiger partial charge in [0.05, 0.1) is 165 Å². The third kappa shape index (κ3) is 20.5. The van der Waals surface area contributed by atoms with Crippen LogP contribution in [0.1, 0.15) is 159 Å². The lowest BCUT2D eigenvalue weighted by molar-refractivity contribution is -0.273. The summed E-state index contributed by atoms with van der Waals surface area (Å²) in [4.78, 5) is 0. The summed E-state index contributed by atoms with van der Waals surface area (Å²) in [7, 11) is 7.07. The third-order valence-electron chi connectivity index (χ3n) is 25.8. The summed E-state index contributed by atoms with van der Waals surface area (Å²) in [6.45, 7) is 55.9. The van der Waals surface area contributed by atoms with Gasteiger partial charge in [-0.1, -0.05) is 111 Å².